The number of hydrogen-bond acceptors (Lipinski definition) is 4. The van der Waals surface area contributed by atoms with Gasteiger partial charge in [0.25, 0.3) is 0 Å². The van der Waals surface area contributed by atoms with Crippen LogP contribution in [0.5, 0.6) is 0 Å². The lowest BCUT2D eigenvalue weighted by Gasteiger charge is -2.34. The summed E-state index contributed by atoms with van der Waals surface area (Å²) in [6, 6.07) is 7.54. The van der Waals surface area contributed by atoms with Crippen LogP contribution in [-0.2, 0) is 4.74 Å². The van der Waals surface area contributed by atoms with Crippen molar-refractivity contribution in [3.05, 3.63) is 23.8 Å². The molecule has 0 radical (unpaired) electrons. The Morgan fingerprint density at radius 1 is 1.59 bits per heavy atom. The number of nitrogens with zero attached hydrogens (tertiary/aromatic N) is 2. The molecule has 1 aliphatic heterocycles. The third-order valence-electron chi connectivity index (χ3n) is 3.09. The molecule has 1 atom stereocenters. The van der Waals surface area contributed by atoms with E-state index in [1.54, 1.807) is 12.1 Å². The van der Waals surface area contributed by atoms with Gasteiger partial charge < -0.3 is 15.4 Å². The number of nitrogens with two attached hydrogens (primary N) is 1. The number of nitrogen functional groups attached to an aromatic ring is 1. The van der Waals surface area contributed by atoms with Gasteiger partial charge in [-0.2, -0.15) is 5.26 Å². The van der Waals surface area contributed by atoms with Gasteiger partial charge in [0.05, 0.1) is 35.7 Å². The van der Waals surface area contributed by atoms with E-state index in [0.29, 0.717) is 12.2 Å². The molecule has 17 heavy (non-hydrogen) atoms. The van der Waals surface area contributed by atoms with E-state index in [-0.39, 0.29) is 6.10 Å². The van der Waals surface area contributed by atoms with Crippen LogP contribution in [0, 0.1) is 11.3 Å². The fraction of sp³-hybridized carbons (Fsp3) is 0.462. The summed E-state index contributed by atoms with van der Waals surface area (Å²) in [5.41, 5.74) is 8.29. The molecule has 0 saturated carbocycles. The summed E-state index contributed by atoms with van der Waals surface area (Å²) in [5.74, 6) is 0. The third kappa shape index (κ3) is 2.51. The maximum absolute atomic E-state index is 8.92. The van der Waals surface area contributed by atoms with Gasteiger partial charge in [-0.05, 0) is 24.6 Å². The lowest BCUT2D eigenvalue weighted by atomic mass is 10.1. The van der Waals surface area contributed by atoms with Crippen LogP contribution in [0.15, 0.2) is 18.2 Å². The van der Waals surface area contributed by atoms with Crippen molar-refractivity contribution in [1.29, 1.82) is 5.26 Å². The number of nitriles is 1. The van der Waals surface area contributed by atoms with Crippen molar-refractivity contribution >= 4 is 11.4 Å². The van der Waals surface area contributed by atoms with E-state index >= 15 is 0 Å². The van der Waals surface area contributed by atoms with Crippen molar-refractivity contribution in [2.45, 2.75) is 19.4 Å². The summed E-state index contributed by atoms with van der Waals surface area (Å²) < 4.78 is 5.63. The average molecular weight is 231 g/mol. The molecule has 1 unspecified atom stereocenters. The molecule has 1 saturated heterocycles. The molecule has 1 fully saturated rings. The molecule has 1 aromatic carbocycles. The van der Waals surface area contributed by atoms with Gasteiger partial charge in [-0.3, -0.25) is 0 Å². The lowest BCUT2D eigenvalue weighted by molar-refractivity contribution is 0.0385. The summed E-state index contributed by atoms with van der Waals surface area (Å²) in [7, 11) is 0. The van der Waals surface area contributed by atoms with Crippen molar-refractivity contribution in [3.8, 4) is 6.07 Å². The van der Waals surface area contributed by atoms with Crippen molar-refractivity contribution in [2.24, 2.45) is 0 Å². The van der Waals surface area contributed by atoms with Crippen LogP contribution in [0.1, 0.15) is 18.9 Å². The summed E-state index contributed by atoms with van der Waals surface area (Å²) >= 11 is 0. The largest absolute Gasteiger partial charge is 0.397 e. The molecular formula is C13H17N3O. The zero-order valence-electron chi connectivity index (χ0n) is 10.0. The van der Waals surface area contributed by atoms with E-state index in [9.17, 15) is 0 Å². The van der Waals surface area contributed by atoms with E-state index in [4.69, 9.17) is 15.7 Å². The van der Waals surface area contributed by atoms with Crippen LogP contribution in [0.2, 0.25) is 0 Å². The van der Waals surface area contributed by atoms with Crippen molar-refractivity contribution in [2.75, 3.05) is 30.3 Å². The van der Waals surface area contributed by atoms with Gasteiger partial charge in [-0.1, -0.05) is 6.92 Å². The van der Waals surface area contributed by atoms with E-state index in [2.05, 4.69) is 17.9 Å². The molecule has 90 valence electrons. The minimum Gasteiger partial charge on any atom is -0.397 e. The average Bonchev–Trinajstić information content (AvgIpc) is 2.39. The normalized spacial score (nSPS) is 20.0. The van der Waals surface area contributed by atoms with Crippen molar-refractivity contribution in [3.63, 3.8) is 0 Å². The minimum atomic E-state index is 0.258. The molecule has 1 aliphatic rings. The first-order valence-electron chi connectivity index (χ1n) is 5.90. The first kappa shape index (κ1) is 11.7. The van der Waals surface area contributed by atoms with Gasteiger partial charge in [0.15, 0.2) is 0 Å². The topological polar surface area (TPSA) is 62.3 Å². The molecule has 2 N–H and O–H groups in total. The highest BCUT2D eigenvalue weighted by molar-refractivity contribution is 5.69. The van der Waals surface area contributed by atoms with Crippen LogP contribution >= 0.6 is 0 Å². The standard InChI is InChI=1S/C13H17N3O/c1-2-11-9-16(5-6-17-11)13-7-10(8-14)3-4-12(13)15/h3-4,7,11H,2,5-6,9,15H2,1H3. The summed E-state index contributed by atoms with van der Waals surface area (Å²) in [4.78, 5) is 2.20. The zero-order chi connectivity index (χ0) is 12.3. The molecule has 0 amide bonds. The maximum atomic E-state index is 8.92. The first-order chi connectivity index (χ1) is 8.24. The molecule has 0 aliphatic carbocycles. The SMILES string of the molecule is CCC1CN(c2cc(C#N)ccc2N)CCO1. The molecule has 0 aromatic heterocycles. The van der Waals surface area contributed by atoms with E-state index in [1.807, 2.05) is 6.07 Å². The van der Waals surface area contributed by atoms with E-state index < -0.39 is 0 Å². The Morgan fingerprint density at radius 3 is 3.12 bits per heavy atom. The number of hydrogen-bond donors (Lipinski definition) is 1. The predicted octanol–water partition coefficient (Wildman–Crippen LogP) is 1.76. The molecule has 4 heteroatoms. The second-order valence-corrected chi connectivity index (χ2v) is 4.23. The maximum Gasteiger partial charge on any atom is 0.0992 e. The van der Waals surface area contributed by atoms with Crippen LogP contribution in [0.4, 0.5) is 11.4 Å². The summed E-state index contributed by atoms with van der Waals surface area (Å²) in [6.45, 7) is 4.50. The number of anilines is 2. The lowest BCUT2D eigenvalue weighted by Crippen LogP contribution is -2.42. The van der Waals surface area contributed by atoms with Gasteiger partial charge in [-0.25, -0.2) is 0 Å². The Morgan fingerprint density at radius 2 is 2.41 bits per heavy atom. The number of ether oxygens (including phenoxy) is 1. The van der Waals surface area contributed by atoms with E-state index in [0.717, 1.165) is 30.9 Å². The van der Waals surface area contributed by atoms with Crippen LogP contribution in [0.3, 0.4) is 0 Å². The Balaban J connectivity index is 2.24. The van der Waals surface area contributed by atoms with Gasteiger partial charge in [0.1, 0.15) is 0 Å². The van der Waals surface area contributed by atoms with E-state index in [1.165, 1.54) is 0 Å². The number of benzene rings is 1. The molecule has 4 nitrogen and oxygen atoms in total. The van der Waals surface area contributed by atoms with Crippen molar-refractivity contribution < 1.29 is 4.74 Å². The molecule has 1 heterocycles. The molecule has 2 rings (SSSR count). The number of rotatable bonds is 2. The Hall–Kier alpha value is -1.73. The predicted molar refractivity (Wildman–Crippen MR) is 67.8 cm³/mol. The zero-order valence-corrected chi connectivity index (χ0v) is 10.0. The van der Waals surface area contributed by atoms with Crippen molar-refractivity contribution in [1.82, 2.24) is 0 Å². The Labute approximate surface area is 102 Å². The number of morpholine rings is 1. The van der Waals surface area contributed by atoms with Gasteiger partial charge in [0, 0.05) is 13.1 Å². The van der Waals surface area contributed by atoms with Gasteiger partial charge >= 0.3 is 0 Å². The second kappa shape index (κ2) is 5.07. The summed E-state index contributed by atoms with van der Waals surface area (Å²) in [6.07, 6.45) is 1.25. The molecular weight excluding hydrogens is 214 g/mol. The van der Waals surface area contributed by atoms with Crippen LogP contribution in [-0.4, -0.2) is 25.8 Å². The third-order valence-corrected chi connectivity index (χ3v) is 3.09. The molecule has 0 bridgehead atoms. The Kier molecular flexibility index (Phi) is 3.50. The smallest absolute Gasteiger partial charge is 0.0992 e. The Bertz CT molecular complexity index is 439. The monoisotopic (exact) mass is 231 g/mol. The fourth-order valence-corrected chi connectivity index (χ4v) is 2.07. The molecule has 0 spiro atoms. The van der Waals surface area contributed by atoms with Gasteiger partial charge in [0.2, 0.25) is 0 Å². The minimum absolute atomic E-state index is 0.258. The highest BCUT2D eigenvalue weighted by atomic mass is 16.5. The van der Waals surface area contributed by atoms with Crippen LogP contribution in [0.25, 0.3) is 0 Å². The van der Waals surface area contributed by atoms with Crippen LogP contribution < -0.4 is 10.6 Å². The quantitative estimate of drug-likeness (QED) is 0.788. The van der Waals surface area contributed by atoms with Gasteiger partial charge in [-0.15, -0.1) is 0 Å². The highest BCUT2D eigenvalue weighted by Gasteiger charge is 2.20. The second-order valence-electron chi connectivity index (χ2n) is 4.23. The highest BCUT2D eigenvalue weighted by Crippen LogP contribution is 2.26. The fourth-order valence-electron chi connectivity index (χ4n) is 2.07. The first-order valence-corrected chi connectivity index (χ1v) is 5.90. The summed E-state index contributed by atoms with van der Waals surface area (Å²) in [5, 5.41) is 8.92. The molecule has 1 aromatic rings.